The van der Waals surface area contributed by atoms with E-state index in [2.05, 4.69) is 140 Å². The maximum absolute atomic E-state index is 6.69. The first-order valence-electron chi connectivity index (χ1n) is 17.1. The fraction of sp³-hybridized carbons (Fsp3) is 0. The van der Waals surface area contributed by atoms with Crippen LogP contribution in [-0.2, 0) is 0 Å². The highest BCUT2D eigenvalue weighted by Gasteiger charge is 2.18. The molecule has 0 aliphatic heterocycles. The fourth-order valence-corrected chi connectivity index (χ4v) is 7.31. The Morgan fingerprint density at radius 3 is 1.51 bits per heavy atom. The first-order chi connectivity index (χ1) is 25.3. The van der Waals surface area contributed by atoms with Gasteiger partial charge in [-0.2, -0.15) is 0 Å². The van der Waals surface area contributed by atoms with Crippen LogP contribution in [0.5, 0.6) is 0 Å². The van der Waals surface area contributed by atoms with Gasteiger partial charge in [-0.15, -0.1) is 0 Å². The van der Waals surface area contributed by atoms with Crippen molar-refractivity contribution in [3.8, 4) is 56.4 Å². The molecule has 0 spiro atoms. The molecule has 0 unspecified atom stereocenters. The van der Waals surface area contributed by atoms with Gasteiger partial charge in [-0.3, -0.25) is 0 Å². The second kappa shape index (κ2) is 11.9. The predicted molar refractivity (Wildman–Crippen MR) is 209 cm³/mol. The Bertz CT molecular complexity index is 2900. The third kappa shape index (κ3) is 4.96. The summed E-state index contributed by atoms with van der Waals surface area (Å²) in [7, 11) is 0. The molecule has 2 heterocycles. The number of hydrogen-bond donors (Lipinski definition) is 0. The van der Waals surface area contributed by atoms with Gasteiger partial charge >= 0.3 is 0 Å². The smallest absolute Gasteiger partial charge is 0.164 e. The lowest BCUT2D eigenvalue weighted by Gasteiger charge is -2.12. The molecule has 2 aromatic heterocycles. The van der Waals surface area contributed by atoms with Crippen LogP contribution in [0, 0.1) is 0 Å². The molecule has 238 valence electrons. The molecule has 0 saturated carbocycles. The largest absolute Gasteiger partial charge is 0.455 e. The predicted octanol–water partition coefficient (Wildman–Crippen LogP) is 12.4. The van der Waals surface area contributed by atoms with Gasteiger partial charge in [0.15, 0.2) is 17.5 Å². The molecule has 4 heteroatoms. The molecule has 10 rings (SSSR count). The second-order valence-electron chi connectivity index (χ2n) is 12.8. The van der Waals surface area contributed by atoms with E-state index in [-0.39, 0.29) is 0 Å². The zero-order chi connectivity index (χ0) is 33.7. The molecule has 0 amide bonds. The SMILES string of the molecule is c1ccc(-c2nc(-c3ccc4c(c3)oc3c5ccccc5c(-c5ccccc5)cc43)nc(-c3cccc4c(-c5ccccc5)cccc34)n2)cc1. The average Bonchev–Trinajstić information content (AvgIpc) is 3.59. The number of fused-ring (bicyclic) bond motifs is 6. The minimum absolute atomic E-state index is 0.590. The van der Waals surface area contributed by atoms with Crippen LogP contribution in [-0.4, -0.2) is 15.0 Å². The monoisotopic (exact) mass is 651 g/mol. The number of benzene rings is 8. The van der Waals surface area contributed by atoms with E-state index in [1.807, 2.05) is 36.4 Å². The molecule has 0 N–H and O–H groups in total. The van der Waals surface area contributed by atoms with Crippen molar-refractivity contribution >= 4 is 43.5 Å². The van der Waals surface area contributed by atoms with E-state index in [1.54, 1.807) is 0 Å². The highest BCUT2D eigenvalue weighted by atomic mass is 16.3. The number of furan rings is 1. The van der Waals surface area contributed by atoms with E-state index in [1.165, 1.54) is 22.3 Å². The Kier molecular flexibility index (Phi) is 6.78. The Morgan fingerprint density at radius 1 is 0.294 bits per heavy atom. The lowest BCUT2D eigenvalue weighted by atomic mass is 9.95. The van der Waals surface area contributed by atoms with Gasteiger partial charge in [-0.05, 0) is 56.6 Å². The van der Waals surface area contributed by atoms with Crippen molar-refractivity contribution in [3.63, 3.8) is 0 Å². The van der Waals surface area contributed by atoms with Crippen LogP contribution in [0.2, 0.25) is 0 Å². The molecular weight excluding hydrogens is 623 g/mol. The van der Waals surface area contributed by atoms with Crippen LogP contribution >= 0.6 is 0 Å². The van der Waals surface area contributed by atoms with E-state index in [0.29, 0.717) is 17.5 Å². The zero-order valence-electron chi connectivity index (χ0n) is 27.5. The highest BCUT2D eigenvalue weighted by Crippen LogP contribution is 2.41. The van der Waals surface area contributed by atoms with Gasteiger partial charge in [0.25, 0.3) is 0 Å². The Labute approximate surface area is 294 Å². The summed E-state index contributed by atoms with van der Waals surface area (Å²) in [5, 5.41) is 6.62. The molecule has 0 radical (unpaired) electrons. The summed E-state index contributed by atoms with van der Waals surface area (Å²) in [6, 6.07) is 61.0. The summed E-state index contributed by atoms with van der Waals surface area (Å²) in [6.45, 7) is 0. The number of nitrogens with zero attached hydrogens (tertiary/aromatic N) is 3. The van der Waals surface area contributed by atoms with Crippen LogP contribution in [0.4, 0.5) is 0 Å². The normalized spacial score (nSPS) is 11.5. The standard InChI is InChI=1S/C47H29N3O/c1-4-14-30(15-5-1)34-22-12-24-36-35(34)23-13-25-40(36)47-49-45(32-18-8-3-9-19-32)48-46(50-47)33-26-27-38-42-29-41(31-16-6-2-7-17-31)37-20-10-11-21-39(37)44(42)51-43(38)28-33/h1-29H. The van der Waals surface area contributed by atoms with Gasteiger partial charge in [-0.1, -0.05) is 158 Å². The molecule has 0 aliphatic carbocycles. The molecule has 4 nitrogen and oxygen atoms in total. The van der Waals surface area contributed by atoms with Crippen LogP contribution in [0.3, 0.4) is 0 Å². The van der Waals surface area contributed by atoms with Gasteiger partial charge in [-0.25, -0.2) is 15.0 Å². The summed E-state index contributed by atoms with van der Waals surface area (Å²) >= 11 is 0. The van der Waals surface area contributed by atoms with E-state index in [0.717, 1.165) is 60.2 Å². The molecule has 8 aromatic carbocycles. The summed E-state index contributed by atoms with van der Waals surface area (Å²) in [5.74, 6) is 1.83. The lowest BCUT2D eigenvalue weighted by Crippen LogP contribution is -2.00. The first-order valence-corrected chi connectivity index (χ1v) is 17.1. The van der Waals surface area contributed by atoms with Crippen molar-refractivity contribution in [1.29, 1.82) is 0 Å². The quantitative estimate of drug-likeness (QED) is 0.186. The van der Waals surface area contributed by atoms with Crippen molar-refractivity contribution in [1.82, 2.24) is 15.0 Å². The van der Waals surface area contributed by atoms with Gasteiger partial charge in [0.1, 0.15) is 11.2 Å². The maximum Gasteiger partial charge on any atom is 0.164 e. The Morgan fingerprint density at radius 2 is 0.804 bits per heavy atom. The summed E-state index contributed by atoms with van der Waals surface area (Å²) in [6.07, 6.45) is 0. The molecule has 51 heavy (non-hydrogen) atoms. The van der Waals surface area contributed by atoms with Crippen molar-refractivity contribution in [2.24, 2.45) is 0 Å². The number of aromatic nitrogens is 3. The molecule has 0 aliphatic rings. The zero-order valence-corrected chi connectivity index (χ0v) is 27.5. The summed E-state index contributed by atoms with van der Waals surface area (Å²) in [5.41, 5.74) is 9.12. The molecule has 0 saturated heterocycles. The van der Waals surface area contributed by atoms with E-state index in [9.17, 15) is 0 Å². The van der Waals surface area contributed by atoms with Crippen LogP contribution in [0.15, 0.2) is 180 Å². The van der Waals surface area contributed by atoms with Crippen molar-refractivity contribution in [2.45, 2.75) is 0 Å². The number of hydrogen-bond acceptors (Lipinski definition) is 4. The third-order valence-corrected chi connectivity index (χ3v) is 9.74. The van der Waals surface area contributed by atoms with E-state index in [4.69, 9.17) is 19.4 Å². The van der Waals surface area contributed by atoms with Crippen LogP contribution in [0.1, 0.15) is 0 Å². The minimum Gasteiger partial charge on any atom is -0.455 e. The van der Waals surface area contributed by atoms with E-state index < -0.39 is 0 Å². The molecule has 10 aromatic rings. The molecule has 0 fully saturated rings. The van der Waals surface area contributed by atoms with Crippen LogP contribution in [0.25, 0.3) is 99.9 Å². The lowest BCUT2D eigenvalue weighted by molar-refractivity contribution is 0.673. The topological polar surface area (TPSA) is 51.8 Å². The van der Waals surface area contributed by atoms with Crippen molar-refractivity contribution in [2.75, 3.05) is 0 Å². The summed E-state index contributed by atoms with van der Waals surface area (Å²) < 4.78 is 6.69. The second-order valence-corrected chi connectivity index (χ2v) is 12.8. The van der Waals surface area contributed by atoms with Crippen molar-refractivity contribution in [3.05, 3.63) is 176 Å². The average molecular weight is 652 g/mol. The van der Waals surface area contributed by atoms with Crippen molar-refractivity contribution < 1.29 is 4.42 Å². The molecular formula is C47H29N3O. The number of rotatable bonds is 5. The highest BCUT2D eigenvalue weighted by molar-refractivity contribution is 6.19. The molecule has 0 atom stereocenters. The first kappa shape index (κ1) is 29.0. The maximum atomic E-state index is 6.69. The van der Waals surface area contributed by atoms with Gasteiger partial charge in [0.2, 0.25) is 0 Å². The van der Waals surface area contributed by atoms with Gasteiger partial charge in [0, 0.05) is 32.8 Å². The van der Waals surface area contributed by atoms with E-state index >= 15 is 0 Å². The van der Waals surface area contributed by atoms with Gasteiger partial charge in [0.05, 0.1) is 0 Å². The minimum atomic E-state index is 0.590. The third-order valence-electron chi connectivity index (χ3n) is 9.74. The fourth-order valence-electron chi connectivity index (χ4n) is 7.31. The summed E-state index contributed by atoms with van der Waals surface area (Å²) in [4.78, 5) is 15.3. The Balaban J connectivity index is 1.17. The van der Waals surface area contributed by atoms with Gasteiger partial charge < -0.3 is 4.42 Å². The molecule has 0 bridgehead atoms. The van der Waals surface area contributed by atoms with Crippen LogP contribution < -0.4 is 0 Å². The Hall–Kier alpha value is -6.91.